The Hall–Kier alpha value is -1.14. The first-order valence-corrected chi connectivity index (χ1v) is 5.45. The van der Waals surface area contributed by atoms with Crippen LogP contribution in [0.5, 0.6) is 0 Å². The van der Waals surface area contributed by atoms with Gasteiger partial charge in [0.15, 0.2) is 5.15 Å². The Kier molecular flexibility index (Phi) is 4.26. The summed E-state index contributed by atoms with van der Waals surface area (Å²) in [6, 6.07) is 1.48. The maximum absolute atomic E-state index is 11.7. The Labute approximate surface area is 106 Å². The molecule has 0 aliphatic carbocycles. The average molecular weight is 306 g/mol. The number of nitrogen functional groups attached to an aromatic ring is 1. The molecule has 0 aliphatic heterocycles. The smallest absolute Gasteiger partial charge is 0.280 e. The minimum atomic E-state index is -0.462. The monoisotopic (exact) mass is 304 g/mol. The van der Waals surface area contributed by atoms with Crippen molar-refractivity contribution in [2.24, 2.45) is 4.99 Å². The summed E-state index contributed by atoms with van der Waals surface area (Å²) in [4.78, 5) is 20.9. The van der Waals surface area contributed by atoms with Crippen LogP contribution >= 0.6 is 27.5 Å². The molecule has 0 spiro atoms. The maximum Gasteiger partial charge on any atom is 0.280 e. The van der Waals surface area contributed by atoms with E-state index in [1.807, 2.05) is 0 Å². The number of aliphatic imine (C=N–C) groups is 1. The summed E-state index contributed by atoms with van der Waals surface area (Å²) in [5.41, 5.74) is 5.99. The number of anilines is 1. The highest BCUT2D eigenvalue weighted by atomic mass is 79.9. The molecule has 1 aromatic rings. The highest BCUT2D eigenvalue weighted by Crippen LogP contribution is 2.24. The van der Waals surface area contributed by atoms with Gasteiger partial charge in [0.05, 0.1) is 17.6 Å². The predicted octanol–water partition coefficient (Wildman–Crippen LogP) is 1.81. The molecule has 0 fully saturated rings. The van der Waals surface area contributed by atoms with E-state index >= 15 is 0 Å². The van der Waals surface area contributed by atoms with Crippen LogP contribution in [0.25, 0.3) is 0 Å². The third kappa shape index (κ3) is 3.18. The molecule has 0 radical (unpaired) electrons. The summed E-state index contributed by atoms with van der Waals surface area (Å²) in [5, 5.41) is 0.0813. The molecule has 0 aliphatic rings. The van der Waals surface area contributed by atoms with Crippen LogP contribution in [-0.2, 0) is 0 Å². The summed E-state index contributed by atoms with van der Waals surface area (Å²) in [7, 11) is 3.52. The van der Waals surface area contributed by atoms with E-state index in [-0.39, 0.29) is 16.4 Å². The Morgan fingerprint density at radius 3 is 2.88 bits per heavy atom. The van der Waals surface area contributed by atoms with E-state index < -0.39 is 5.91 Å². The van der Waals surface area contributed by atoms with E-state index in [2.05, 4.69) is 25.9 Å². The zero-order chi connectivity index (χ0) is 12.3. The van der Waals surface area contributed by atoms with E-state index in [0.717, 1.165) is 0 Å². The topological polar surface area (TPSA) is 71.6 Å². The van der Waals surface area contributed by atoms with Gasteiger partial charge in [0, 0.05) is 14.1 Å². The largest absolute Gasteiger partial charge is 0.396 e. The van der Waals surface area contributed by atoms with E-state index in [9.17, 15) is 4.79 Å². The first kappa shape index (κ1) is 12.9. The molecule has 1 heterocycles. The van der Waals surface area contributed by atoms with Gasteiger partial charge < -0.3 is 10.6 Å². The lowest BCUT2D eigenvalue weighted by atomic mass is 10.2. The molecule has 0 bridgehead atoms. The summed E-state index contributed by atoms with van der Waals surface area (Å²) in [6.07, 6.45) is 1.39. The molecule has 0 unspecified atom stereocenters. The number of carbonyl (C=O) groups excluding carboxylic acids is 1. The van der Waals surface area contributed by atoms with Crippen molar-refractivity contribution in [3.63, 3.8) is 0 Å². The van der Waals surface area contributed by atoms with Crippen molar-refractivity contribution in [1.29, 1.82) is 0 Å². The number of amides is 1. The predicted molar refractivity (Wildman–Crippen MR) is 67.9 cm³/mol. The molecule has 1 amide bonds. The van der Waals surface area contributed by atoms with Gasteiger partial charge in [-0.2, -0.15) is 4.99 Å². The van der Waals surface area contributed by atoms with Gasteiger partial charge in [-0.25, -0.2) is 4.98 Å². The number of aromatic nitrogens is 1. The van der Waals surface area contributed by atoms with Crippen LogP contribution in [0.4, 0.5) is 5.69 Å². The first-order chi connectivity index (χ1) is 7.41. The Morgan fingerprint density at radius 1 is 1.69 bits per heavy atom. The van der Waals surface area contributed by atoms with Gasteiger partial charge in [-0.05, 0) is 22.0 Å². The molecule has 16 heavy (non-hydrogen) atoms. The number of pyridine rings is 1. The maximum atomic E-state index is 11.7. The second-order valence-corrected chi connectivity index (χ2v) is 4.38. The highest BCUT2D eigenvalue weighted by molar-refractivity contribution is 9.10. The minimum absolute atomic E-state index is 0.0813. The van der Waals surface area contributed by atoms with Crippen LogP contribution in [0.15, 0.2) is 15.7 Å². The number of nitrogens with two attached hydrogens (primary N) is 1. The van der Waals surface area contributed by atoms with Crippen LogP contribution in [0.1, 0.15) is 10.4 Å². The fraction of sp³-hybridized carbons (Fsp3) is 0.222. The van der Waals surface area contributed by atoms with Gasteiger partial charge in [-0.3, -0.25) is 4.79 Å². The number of carbonyl (C=O) groups is 1. The normalized spacial score (nSPS) is 10.8. The number of hydrogen-bond donors (Lipinski definition) is 1. The summed E-state index contributed by atoms with van der Waals surface area (Å²) in [6.45, 7) is 0. The second kappa shape index (κ2) is 5.27. The average Bonchev–Trinajstić information content (AvgIpc) is 2.19. The van der Waals surface area contributed by atoms with Crippen molar-refractivity contribution in [3.05, 3.63) is 21.4 Å². The molecule has 1 aromatic heterocycles. The summed E-state index contributed by atoms with van der Waals surface area (Å²) in [5.74, 6) is -0.462. The van der Waals surface area contributed by atoms with Gasteiger partial charge >= 0.3 is 0 Å². The van der Waals surface area contributed by atoms with Crippen molar-refractivity contribution in [2.45, 2.75) is 0 Å². The first-order valence-electron chi connectivity index (χ1n) is 4.28. The lowest BCUT2D eigenvalue weighted by Crippen LogP contribution is -2.11. The van der Waals surface area contributed by atoms with Gasteiger partial charge in [-0.15, -0.1) is 0 Å². The third-order valence-electron chi connectivity index (χ3n) is 1.62. The fourth-order valence-electron chi connectivity index (χ4n) is 0.909. The standard InChI is InChI=1S/C9H10BrClN4O/c1-15(2)4-13-9(16)5-3-6(10)14-8(11)7(5)12/h3-4H,12H2,1-2H3. The molecular formula is C9H10BrClN4O. The minimum Gasteiger partial charge on any atom is -0.396 e. The van der Waals surface area contributed by atoms with E-state index in [4.69, 9.17) is 17.3 Å². The number of hydrogen-bond acceptors (Lipinski definition) is 3. The molecule has 0 aromatic carbocycles. The Morgan fingerprint density at radius 2 is 2.31 bits per heavy atom. The molecule has 0 saturated carbocycles. The van der Waals surface area contributed by atoms with Gasteiger partial charge in [0.1, 0.15) is 4.60 Å². The van der Waals surface area contributed by atoms with Crippen LogP contribution in [0.2, 0.25) is 5.15 Å². The van der Waals surface area contributed by atoms with Crippen LogP contribution in [-0.4, -0.2) is 36.2 Å². The fourth-order valence-corrected chi connectivity index (χ4v) is 1.61. The molecule has 1 rings (SSSR count). The van der Waals surface area contributed by atoms with Crippen molar-refractivity contribution in [3.8, 4) is 0 Å². The quantitative estimate of drug-likeness (QED) is 0.514. The molecule has 2 N–H and O–H groups in total. The van der Waals surface area contributed by atoms with Crippen LogP contribution in [0, 0.1) is 0 Å². The van der Waals surface area contributed by atoms with Gasteiger partial charge in [0.2, 0.25) is 0 Å². The van der Waals surface area contributed by atoms with Crippen molar-refractivity contribution in [2.75, 3.05) is 19.8 Å². The SMILES string of the molecule is CN(C)C=NC(=O)c1cc(Br)nc(Cl)c1N. The van der Waals surface area contributed by atoms with Gasteiger partial charge in [-0.1, -0.05) is 11.6 Å². The number of nitrogens with zero attached hydrogens (tertiary/aromatic N) is 3. The molecule has 5 nitrogen and oxygen atoms in total. The van der Waals surface area contributed by atoms with E-state index in [1.54, 1.807) is 19.0 Å². The zero-order valence-corrected chi connectivity index (χ0v) is 11.1. The van der Waals surface area contributed by atoms with Crippen molar-refractivity contribution < 1.29 is 4.79 Å². The number of rotatable bonds is 2. The highest BCUT2D eigenvalue weighted by Gasteiger charge is 2.13. The lowest BCUT2D eigenvalue weighted by Gasteiger charge is -2.05. The Balaban J connectivity index is 3.09. The summed E-state index contributed by atoms with van der Waals surface area (Å²) < 4.78 is 0.440. The Bertz CT molecular complexity index is 447. The van der Waals surface area contributed by atoms with Gasteiger partial charge in [0.25, 0.3) is 5.91 Å². The molecule has 0 atom stereocenters. The zero-order valence-electron chi connectivity index (χ0n) is 8.74. The number of halogens is 2. The molecule has 7 heteroatoms. The van der Waals surface area contributed by atoms with E-state index in [0.29, 0.717) is 4.60 Å². The summed E-state index contributed by atoms with van der Waals surface area (Å²) >= 11 is 8.88. The van der Waals surface area contributed by atoms with Crippen molar-refractivity contribution >= 4 is 45.5 Å². The molecule has 86 valence electrons. The molecule has 0 saturated heterocycles. The van der Waals surface area contributed by atoms with Crippen LogP contribution < -0.4 is 5.73 Å². The second-order valence-electron chi connectivity index (χ2n) is 3.21. The van der Waals surface area contributed by atoms with E-state index in [1.165, 1.54) is 12.4 Å². The lowest BCUT2D eigenvalue weighted by molar-refractivity contribution is 0.100. The molecular weight excluding hydrogens is 295 g/mol. The third-order valence-corrected chi connectivity index (χ3v) is 2.31. The van der Waals surface area contributed by atoms with Crippen LogP contribution in [0.3, 0.4) is 0 Å². The van der Waals surface area contributed by atoms with Crippen molar-refractivity contribution in [1.82, 2.24) is 9.88 Å².